The molecule has 0 spiro atoms. The number of amides is 1. The number of fused-ring (bicyclic) bond motifs is 1. The van der Waals surface area contributed by atoms with Crippen molar-refractivity contribution in [3.05, 3.63) is 72.0 Å². The van der Waals surface area contributed by atoms with Crippen LogP contribution in [0.1, 0.15) is 44.1 Å². The fourth-order valence-electron chi connectivity index (χ4n) is 5.63. The zero-order valence-electron chi connectivity index (χ0n) is 22.6. The van der Waals surface area contributed by atoms with Crippen molar-refractivity contribution < 1.29 is 26.0 Å². The van der Waals surface area contributed by atoms with E-state index in [1.165, 1.54) is 36.4 Å². The van der Waals surface area contributed by atoms with Crippen molar-refractivity contribution in [1.29, 1.82) is 0 Å². The number of sulfone groups is 1. The summed E-state index contributed by atoms with van der Waals surface area (Å²) in [6.45, 7) is 1.54. The van der Waals surface area contributed by atoms with E-state index >= 15 is 0 Å². The molecule has 0 radical (unpaired) electrons. The Morgan fingerprint density at radius 2 is 1.71 bits per heavy atom. The van der Waals surface area contributed by atoms with E-state index in [2.05, 4.69) is 14.9 Å². The minimum Gasteiger partial charge on any atom is -0.369 e. The fourth-order valence-corrected chi connectivity index (χ4v) is 10.0. The van der Waals surface area contributed by atoms with Crippen LogP contribution in [0.15, 0.2) is 74.0 Å². The van der Waals surface area contributed by atoms with Gasteiger partial charge in [0.15, 0.2) is 0 Å². The molecule has 3 aromatic rings. The molecular formula is C29H34FN3O5S3. The predicted molar refractivity (Wildman–Crippen MR) is 157 cm³/mol. The first-order valence-corrected chi connectivity index (χ1v) is 17.7. The number of carbonyl (C=O) groups excluding carboxylic acids is 1. The molecule has 2 aromatic carbocycles. The van der Waals surface area contributed by atoms with Gasteiger partial charge in [-0.15, -0.1) is 11.3 Å². The molecule has 1 atom stereocenters. The number of nitrogens with one attached hydrogen (secondary N) is 2. The topological polar surface area (TPSA) is 113 Å². The number of thiophene rings is 1. The molecule has 220 valence electrons. The normalized spacial score (nSPS) is 16.9. The first kappa shape index (κ1) is 29.7. The maximum absolute atomic E-state index is 13.6. The van der Waals surface area contributed by atoms with Crippen LogP contribution in [0.3, 0.4) is 0 Å². The predicted octanol–water partition coefficient (Wildman–Crippen LogP) is 4.52. The van der Waals surface area contributed by atoms with Gasteiger partial charge in [0.1, 0.15) is 20.3 Å². The SMILES string of the molecule is O=C(NCCN1CCc2cc(F)ccc21)[C@H](CC1CCCCC1)NS(=O)(=O)c1ccc(S(=O)(=O)c2ccccc2)s1. The second kappa shape index (κ2) is 12.6. The third-order valence-corrected chi connectivity index (χ3v) is 13.1. The van der Waals surface area contributed by atoms with E-state index in [4.69, 9.17) is 0 Å². The second-order valence-electron chi connectivity index (χ2n) is 10.6. The van der Waals surface area contributed by atoms with Crippen molar-refractivity contribution in [2.75, 3.05) is 24.5 Å². The number of nitrogens with zero attached hydrogens (tertiary/aromatic N) is 1. The molecule has 12 heteroatoms. The minimum atomic E-state index is -4.16. The smallest absolute Gasteiger partial charge is 0.250 e. The summed E-state index contributed by atoms with van der Waals surface area (Å²) in [5.74, 6) is -0.460. The molecule has 1 aliphatic carbocycles. The quantitative estimate of drug-likeness (QED) is 0.327. The first-order chi connectivity index (χ1) is 19.6. The van der Waals surface area contributed by atoms with E-state index in [9.17, 15) is 26.0 Å². The van der Waals surface area contributed by atoms with Crippen LogP contribution in [-0.2, 0) is 31.1 Å². The standard InChI is InChI=1S/C29H34FN3O5S3/c30-23-11-12-26-22(20-23)15-17-33(26)18-16-31-29(34)25(19-21-7-3-1-4-8-21)32-41(37,38)28-14-13-27(39-28)40(35,36)24-9-5-2-6-10-24/h2,5-6,9-14,20-21,25,32H,1,3-4,7-8,15-19H2,(H,31,34)/t25-/m0/s1. The molecule has 2 heterocycles. The summed E-state index contributed by atoms with van der Waals surface area (Å²) in [6, 6.07) is 14.1. The van der Waals surface area contributed by atoms with Crippen LogP contribution in [0.5, 0.6) is 0 Å². The molecule has 1 aliphatic heterocycles. The van der Waals surface area contributed by atoms with Crippen LogP contribution in [0.2, 0.25) is 0 Å². The Labute approximate surface area is 244 Å². The van der Waals surface area contributed by atoms with Gasteiger partial charge in [-0.25, -0.2) is 21.2 Å². The molecule has 5 rings (SSSR count). The highest BCUT2D eigenvalue weighted by Crippen LogP contribution is 2.32. The Bertz CT molecular complexity index is 1590. The highest BCUT2D eigenvalue weighted by Gasteiger charge is 2.31. The summed E-state index contributed by atoms with van der Waals surface area (Å²) in [5.41, 5.74) is 1.88. The van der Waals surface area contributed by atoms with Crippen LogP contribution in [0, 0.1) is 11.7 Å². The third-order valence-electron chi connectivity index (χ3n) is 7.76. The van der Waals surface area contributed by atoms with Gasteiger partial charge in [0.05, 0.1) is 4.90 Å². The van der Waals surface area contributed by atoms with E-state index in [0.29, 0.717) is 30.8 Å². The van der Waals surface area contributed by atoms with Gasteiger partial charge in [-0.2, -0.15) is 4.72 Å². The second-order valence-corrected chi connectivity index (χ2v) is 15.8. The number of hydrogen-bond acceptors (Lipinski definition) is 7. The Hall–Kier alpha value is -2.80. The summed E-state index contributed by atoms with van der Waals surface area (Å²) < 4.78 is 68.7. The summed E-state index contributed by atoms with van der Waals surface area (Å²) in [4.78, 5) is 15.5. The fraction of sp³-hybridized carbons (Fsp3) is 0.414. The van der Waals surface area contributed by atoms with E-state index in [0.717, 1.165) is 56.3 Å². The van der Waals surface area contributed by atoms with Gasteiger partial charge in [0, 0.05) is 25.3 Å². The van der Waals surface area contributed by atoms with Crippen LogP contribution in [0.25, 0.3) is 0 Å². The molecule has 0 unspecified atom stereocenters. The van der Waals surface area contributed by atoms with Gasteiger partial charge in [-0.1, -0.05) is 50.3 Å². The molecule has 0 saturated heterocycles. The number of hydrogen-bond donors (Lipinski definition) is 2. The summed E-state index contributed by atoms with van der Waals surface area (Å²) in [6.07, 6.45) is 6.20. The van der Waals surface area contributed by atoms with Crippen LogP contribution < -0.4 is 14.9 Å². The molecule has 1 fully saturated rings. The van der Waals surface area contributed by atoms with Crippen LogP contribution in [0.4, 0.5) is 10.1 Å². The Morgan fingerprint density at radius 3 is 2.46 bits per heavy atom. The number of sulfonamides is 1. The van der Waals surface area contributed by atoms with E-state index in [-0.39, 0.29) is 25.0 Å². The van der Waals surface area contributed by atoms with Gasteiger partial charge in [-0.05, 0) is 66.8 Å². The molecule has 8 nitrogen and oxygen atoms in total. The maximum atomic E-state index is 13.6. The zero-order chi connectivity index (χ0) is 29.0. The van der Waals surface area contributed by atoms with Crippen molar-refractivity contribution in [2.24, 2.45) is 5.92 Å². The number of benzene rings is 2. The molecular weight excluding hydrogens is 586 g/mol. The Balaban J connectivity index is 1.27. The number of halogens is 1. The molecule has 1 amide bonds. The first-order valence-electron chi connectivity index (χ1n) is 13.9. The molecule has 1 aromatic heterocycles. The number of rotatable bonds is 11. The summed E-state index contributed by atoms with van der Waals surface area (Å²) in [5, 5.41) is 2.89. The zero-order valence-corrected chi connectivity index (χ0v) is 25.0. The lowest BCUT2D eigenvalue weighted by molar-refractivity contribution is -0.123. The van der Waals surface area contributed by atoms with Gasteiger partial charge in [0.2, 0.25) is 15.7 Å². The lowest BCUT2D eigenvalue weighted by atomic mass is 9.85. The van der Waals surface area contributed by atoms with E-state index in [1.807, 2.05) is 0 Å². The average Bonchev–Trinajstić information content (AvgIpc) is 3.62. The Morgan fingerprint density at radius 1 is 0.976 bits per heavy atom. The van der Waals surface area contributed by atoms with Gasteiger partial charge >= 0.3 is 0 Å². The molecule has 0 bridgehead atoms. The van der Waals surface area contributed by atoms with Gasteiger partial charge in [-0.3, -0.25) is 4.79 Å². The van der Waals surface area contributed by atoms with Crippen molar-refractivity contribution in [1.82, 2.24) is 10.0 Å². The van der Waals surface area contributed by atoms with Gasteiger partial charge in [0.25, 0.3) is 10.0 Å². The van der Waals surface area contributed by atoms with E-state index in [1.54, 1.807) is 24.3 Å². The third kappa shape index (κ3) is 6.99. The van der Waals surface area contributed by atoms with Crippen LogP contribution in [-0.4, -0.2) is 48.4 Å². The number of carbonyl (C=O) groups is 1. The van der Waals surface area contributed by atoms with Crippen molar-refractivity contribution in [3.8, 4) is 0 Å². The number of anilines is 1. The van der Waals surface area contributed by atoms with Gasteiger partial charge < -0.3 is 10.2 Å². The minimum absolute atomic E-state index is 0.0804. The maximum Gasteiger partial charge on any atom is 0.250 e. The lowest BCUT2D eigenvalue weighted by Crippen LogP contribution is -2.49. The summed E-state index contributed by atoms with van der Waals surface area (Å²) >= 11 is 0.667. The highest BCUT2D eigenvalue weighted by molar-refractivity contribution is 7.95. The highest BCUT2D eigenvalue weighted by atomic mass is 32.3. The van der Waals surface area contributed by atoms with Crippen LogP contribution >= 0.6 is 11.3 Å². The van der Waals surface area contributed by atoms with Crippen molar-refractivity contribution in [3.63, 3.8) is 0 Å². The molecule has 2 N–H and O–H groups in total. The van der Waals surface area contributed by atoms with E-state index < -0.39 is 31.8 Å². The summed E-state index contributed by atoms with van der Waals surface area (Å²) in [7, 11) is -8.03. The Kier molecular flexibility index (Phi) is 9.12. The van der Waals surface area contributed by atoms with Crippen molar-refractivity contribution >= 4 is 42.8 Å². The average molecular weight is 620 g/mol. The molecule has 41 heavy (non-hydrogen) atoms. The molecule has 1 saturated carbocycles. The lowest BCUT2D eigenvalue weighted by Gasteiger charge is -2.27. The monoisotopic (exact) mass is 619 g/mol. The largest absolute Gasteiger partial charge is 0.369 e. The molecule has 2 aliphatic rings. The van der Waals surface area contributed by atoms with Crippen molar-refractivity contribution in [2.45, 2.75) is 64.3 Å².